The van der Waals surface area contributed by atoms with E-state index in [1.807, 2.05) is 0 Å². The second-order valence-corrected chi connectivity index (χ2v) is 8.75. The van der Waals surface area contributed by atoms with Crippen molar-refractivity contribution in [1.82, 2.24) is 9.80 Å². The van der Waals surface area contributed by atoms with Crippen LogP contribution in [0.15, 0.2) is 48.5 Å². The van der Waals surface area contributed by atoms with Crippen LogP contribution < -0.4 is 0 Å². The average molecular weight is 421 g/mol. The summed E-state index contributed by atoms with van der Waals surface area (Å²) < 4.78 is 27.2. The van der Waals surface area contributed by atoms with Gasteiger partial charge in [-0.15, -0.1) is 23.5 Å². The van der Waals surface area contributed by atoms with Gasteiger partial charge in [-0.1, -0.05) is 24.3 Å². The summed E-state index contributed by atoms with van der Waals surface area (Å²) in [6.07, 6.45) is 0. The number of halogens is 2. The number of benzene rings is 2. The molecule has 2 saturated heterocycles. The molecule has 4 nitrogen and oxygen atoms in total. The fraction of sp³-hybridized carbons (Fsp3) is 0.300. The summed E-state index contributed by atoms with van der Waals surface area (Å²) in [5.41, 5.74) is 1.47. The van der Waals surface area contributed by atoms with Crippen LogP contribution in [0.4, 0.5) is 8.78 Å². The van der Waals surface area contributed by atoms with Crippen LogP contribution in [0.3, 0.4) is 0 Å². The first kappa shape index (κ1) is 19.3. The van der Waals surface area contributed by atoms with Gasteiger partial charge in [-0.2, -0.15) is 0 Å². The van der Waals surface area contributed by atoms with E-state index in [0.29, 0.717) is 24.6 Å². The Bertz CT molecular complexity index is 838. The van der Waals surface area contributed by atoms with Crippen molar-refractivity contribution in [2.24, 2.45) is 0 Å². The average Bonchev–Trinajstić information content (AvgIpc) is 3.22. The SMILES string of the molecule is O=C1CSC(c2cccc(F)c2)N1CCN1C(=O)CSC1c1cccc(F)c1. The van der Waals surface area contributed by atoms with E-state index in [1.165, 1.54) is 47.8 Å². The molecule has 2 atom stereocenters. The van der Waals surface area contributed by atoms with Crippen molar-refractivity contribution in [3.05, 3.63) is 71.3 Å². The maximum atomic E-state index is 13.6. The molecule has 2 aromatic carbocycles. The Balaban J connectivity index is 1.50. The first-order chi connectivity index (χ1) is 13.5. The number of nitrogens with zero attached hydrogens (tertiary/aromatic N) is 2. The summed E-state index contributed by atoms with van der Waals surface area (Å²) in [5.74, 6) is -0.0693. The van der Waals surface area contributed by atoms with Gasteiger partial charge in [-0.05, 0) is 35.4 Å². The first-order valence-corrected chi connectivity index (χ1v) is 11.0. The summed E-state index contributed by atoms with van der Waals surface area (Å²) in [5, 5.41) is -0.526. The monoisotopic (exact) mass is 420 g/mol. The molecule has 0 saturated carbocycles. The Kier molecular flexibility index (Phi) is 5.59. The fourth-order valence-electron chi connectivity index (χ4n) is 3.48. The summed E-state index contributed by atoms with van der Waals surface area (Å²) in [6, 6.07) is 12.5. The molecule has 0 N–H and O–H groups in total. The Morgan fingerprint density at radius 2 is 1.21 bits per heavy atom. The molecular weight excluding hydrogens is 402 g/mol. The highest BCUT2D eigenvalue weighted by molar-refractivity contribution is 8.00. The Labute approximate surface area is 170 Å². The topological polar surface area (TPSA) is 40.6 Å². The van der Waals surface area contributed by atoms with Crippen LogP contribution in [0.5, 0.6) is 0 Å². The van der Waals surface area contributed by atoms with Gasteiger partial charge in [0.05, 0.1) is 11.5 Å². The highest BCUT2D eigenvalue weighted by Gasteiger charge is 2.36. The van der Waals surface area contributed by atoms with Crippen molar-refractivity contribution in [2.75, 3.05) is 24.6 Å². The highest BCUT2D eigenvalue weighted by atomic mass is 32.2. The number of hydrogen-bond donors (Lipinski definition) is 0. The maximum Gasteiger partial charge on any atom is 0.233 e. The molecule has 0 aromatic heterocycles. The van der Waals surface area contributed by atoms with Crippen molar-refractivity contribution >= 4 is 35.3 Å². The van der Waals surface area contributed by atoms with Gasteiger partial charge < -0.3 is 9.80 Å². The number of hydrogen-bond acceptors (Lipinski definition) is 4. The van der Waals surface area contributed by atoms with Gasteiger partial charge in [0, 0.05) is 13.1 Å². The van der Waals surface area contributed by atoms with E-state index in [4.69, 9.17) is 0 Å². The number of amides is 2. The van der Waals surface area contributed by atoms with Gasteiger partial charge in [0.2, 0.25) is 11.8 Å². The zero-order valence-corrected chi connectivity index (χ0v) is 16.5. The summed E-state index contributed by atoms with van der Waals surface area (Å²) in [4.78, 5) is 28.1. The molecule has 2 unspecified atom stereocenters. The van der Waals surface area contributed by atoms with Crippen LogP contribution in [-0.2, 0) is 9.59 Å². The summed E-state index contributed by atoms with van der Waals surface area (Å²) in [6.45, 7) is 0.705. The Morgan fingerprint density at radius 1 is 0.786 bits per heavy atom. The quantitative estimate of drug-likeness (QED) is 0.738. The zero-order chi connectivity index (χ0) is 19.7. The molecule has 4 rings (SSSR count). The van der Waals surface area contributed by atoms with Crippen molar-refractivity contribution in [1.29, 1.82) is 0 Å². The van der Waals surface area contributed by atoms with Crippen LogP contribution in [0.25, 0.3) is 0 Å². The molecule has 2 aliphatic heterocycles. The van der Waals surface area contributed by atoms with Gasteiger partial charge in [-0.3, -0.25) is 9.59 Å². The smallest absolute Gasteiger partial charge is 0.233 e. The lowest BCUT2D eigenvalue weighted by molar-refractivity contribution is -0.132. The lowest BCUT2D eigenvalue weighted by Gasteiger charge is -2.29. The van der Waals surface area contributed by atoms with E-state index in [-0.39, 0.29) is 34.2 Å². The molecule has 0 bridgehead atoms. The normalized spacial score (nSPS) is 22.4. The second-order valence-electron chi connectivity index (χ2n) is 6.61. The van der Waals surface area contributed by atoms with Gasteiger partial charge in [-0.25, -0.2) is 8.78 Å². The minimum Gasteiger partial charge on any atom is -0.324 e. The summed E-state index contributed by atoms with van der Waals surface area (Å²) in [7, 11) is 0. The van der Waals surface area contributed by atoms with Gasteiger partial charge in [0.15, 0.2) is 0 Å². The van der Waals surface area contributed by atoms with Crippen LogP contribution >= 0.6 is 23.5 Å². The molecule has 28 heavy (non-hydrogen) atoms. The molecule has 0 aliphatic carbocycles. The van der Waals surface area contributed by atoms with E-state index >= 15 is 0 Å². The number of rotatable bonds is 5. The van der Waals surface area contributed by atoms with E-state index in [2.05, 4.69) is 0 Å². The summed E-state index contributed by atoms with van der Waals surface area (Å²) >= 11 is 2.91. The molecule has 0 radical (unpaired) electrons. The Hall–Kier alpha value is -2.06. The number of carbonyl (C=O) groups excluding carboxylic acids is 2. The maximum absolute atomic E-state index is 13.6. The third-order valence-corrected chi connectivity index (χ3v) is 7.30. The minimum atomic E-state index is -0.338. The standard InChI is InChI=1S/C20H18F2N2O2S2/c21-15-5-1-3-13(9-15)19-23(17(25)11-27-19)7-8-24-18(26)12-28-20(24)14-4-2-6-16(22)10-14/h1-6,9-10,19-20H,7-8,11-12H2. The van der Waals surface area contributed by atoms with Crippen molar-refractivity contribution in [2.45, 2.75) is 10.7 Å². The van der Waals surface area contributed by atoms with Crippen molar-refractivity contribution in [3.8, 4) is 0 Å². The lowest BCUT2D eigenvalue weighted by atomic mass is 10.2. The first-order valence-electron chi connectivity index (χ1n) is 8.86. The Morgan fingerprint density at radius 3 is 1.61 bits per heavy atom. The largest absolute Gasteiger partial charge is 0.324 e. The minimum absolute atomic E-state index is 0.0270. The van der Waals surface area contributed by atoms with Gasteiger partial charge in [0.25, 0.3) is 0 Å². The molecule has 2 aromatic rings. The molecular formula is C20H18F2N2O2S2. The van der Waals surface area contributed by atoms with Crippen LogP contribution in [-0.4, -0.2) is 46.2 Å². The van der Waals surface area contributed by atoms with Gasteiger partial charge >= 0.3 is 0 Å². The number of thioether (sulfide) groups is 2. The molecule has 0 spiro atoms. The van der Waals surface area contributed by atoms with E-state index in [9.17, 15) is 18.4 Å². The lowest BCUT2D eigenvalue weighted by Crippen LogP contribution is -2.39. The van der Waals surface area contributed by atoms with E-state index in [1.54, 1.807) is 34.1 Å². The molecule has 8 heteroatoms. The molecule has 2 heterocycles. The van der Waals surface area contributed by atoms with Gasteiger partial charge in [0.1, 0.15) is 22.4 Å². The third-order valence-electron chi connectivity index (χ3n) is 4.79. The number of carbonyl (C=O) groups is 2. The molecule has 2 aliphatic rings. The third kappa shape index (κ3) is 3.89. The zero-order valence-electron chi connectivity index (χ0n) is 14.9. The van der Waals surface area contributed by atoms with Crippen LogP contribution in [0, 0.1) is 11.6 Å². The molecule has 2 amide bonds. The van der Waals surface area contributed by atoms with E-state index in [0.717, 1.165) is 11.1 Å². The predicted molar refractivity (Wildman–Crippen MR) is 107 cm³/mol. The van der Waals surface area contributed by atoms with Crippen LogP contribution in [0.2, 0.25) is 0 Å². The van der Waals surface area contributed by atoms with E-state index < -0.39 is 0 Å². The second kappa shape index (κ2) is 8.13. The van der Waals surface area contributed by atoms with Crippen LogP contribution in [0.1, 0.15) is 21.9 Å². The van der Waals surface area contributed by atoms with Crippen molar-refractivity contribution in [3.63, 3.8) is 0 Å². The highest BCUT2D eigenvalue weighted by Crippen LogP contribution is 2.41. The molecule has 2 fully saturated rings. The predicted octanol–water partition coefficient (Wildman–Crippen LogP) is 3.81. The fourth-order valence-corrected chi connectivity index (χ4v) is 5.90. The molecule has 146 valence electrons. The van der Waals surface area contributed by atoms with Crippen molar-refractivity contribution < 1.29 is 18.4 Å².